The topological polar surface area (TPSA) is 58.6 Å². The van der Waals surface area contributed by atoms with Crippen LogP contribution in [0.2, 0.25) is 0 Å². The van der Waals surface area contributed by atoms with Crippen LogP contribution in [0.15, 0.2) is 24.3 Å². The molecule has 0 saturated carbocycles. The number of amides is 2. The predicted octanol–water partition coefficient (Wildman–Crippen LogP) is 3.39. The zero-order valence-corrected chi connectivity index (χ0v) is 15.4. The molecule has 1 fully saturated rings. The maximum atomic E-state index is 12.4. The van der Waals surface area contributed by atoms with Crippen molar-refractivity contribution in [3.63, 3.8) is 0 Å². The molecule has 1 heterocycles. The lowest BCUT2D eigenvalue weighted by Crippen LogP contribution is -2.47. The Hall–Kier alpha value is -2.04. The molecule has 0 aromatic heterocycles. The summed E-state index contributed by atoms with van der Waals surface area (Å²) in [6.45, 7) is 5.77. The molecule has 0 spiro atoms. The molecule has 5 heteroatoms. The quantitative estimate of drug-likeness (QED) is 0.734. The molecule has 1 aliphatic rings. The number of piperidine rings is 1. The van der Waals surface area contributed by atoms with Gasteiger partial charge >= 0.3 is 0 Å². The van der Waals surface area contributed by atoms with E-state index in [2.05, 4.69) is 19.2 Å². The number of rotatable bonds is 8. The molecule has 0 aliphatic carbocycles. The van der Waals surface area contributed by atoms with Crippen molar-refractivity contribution in [3.8, 4) is 5.75 Å². The number of carbonyl (C=O) groups is 2. The molecular weight excluding hydrogens is 316 g/mol. The van der Waals surface area contributed by atoms with Gasteiger partial charge in [-0.05, 0) is 56.4 Å². The normalized spacial score (nSPS) is 17.2. The van der Waals surface area contributed by atoms with E-state index in [4.69, 9.17) is 4.74 Å². The molecular formula is C20H30N2O3. The summed E-state index contributed by atoms with van der Waals surface area (Å²) < 4.78 is 5.59. The molecule has 5 nitrogen and oxygen atoms in total. The second kappa shape index (κ2) is 10.1. The van der Waals surface area contributed by atoms with Crippen LogP contribution < -0.4 is 10.1 Å². The summed E-state index contributed by atoms with van der Waals surface area (Å²) in [5, 5.41) is 2.74. The van der Waals surface area contributed by atoms with Crippen molar-refractivity contribution in [2.24, 2.45) is 0 Å². The number of hydrogen-bond donors (Lipinski definition) is 1. The van der Waals surface area contributed by atoms with Gasteiger partial charge in [0.15, 0.2) is 0 Å². The van der Waals surface area contributed by atoms with Gasteiger partial charge in [0, 0.05) is 18.2 Å². The van der Waals surface area contributed by atoms with Crippen LogP contribution in [0.1, 0.15) is 62.7 Å². The molecule has 0 radical (unpaired) electrons. The number of nitrogens with one attached hydrogen (secondary N) is 1. The molecule has 2 rings (SSSR count). The van der Waals surface area contributed by atoms with Crippen molar-refractivity contribution in [2.75, 3.05) is 19.7 Å². The molecule has 1 N–H and O–H groups in total. The Kier molecular flexibility index (Phi) is 7.76. The van der Waals surface area contributed by atoms with E-state index in [9.17, 15) is 9.59 Å². The highest BCUT2D eigenvalue weighted by Gasteiger charge is 2.25. The Morgan fingerprint density at radius 1 is 1.20 bits per heavy atom. The Morgan fingerprint density at radius 2 is 1.96 bits per heavy atom. The number of hydrogen-bond acceptors (Lipinski definition) is 3. The number of unbranched alkanes of at least 4 members (excludes halogenated alkanes) is 1. The molecule has 1 atom stereocenters. The van der Waals surface area contributed by atoms with Crippen LogP contribution >= 0.6 is 0 Å². The van der Waals surface area contributed by atoms with Crippen molar-refractivity contribution < 1.29 is 14.3 Å². The number of nitrogens with zero attached hydrogens (tertiary/aromatic N) is 1. The van der Waals surface area contributed by atoms with Gasteiger partial charge in [-0.2, -0.15) is 0 Å². The summed E-state index contributed by atoms with van der Waals surface area (Å²) in [5.74, 6) is 0.554. The molecule has 1 aromatic carbocycles. The van der Waals surface area contributed by atoms with Crippen molar-refractivity contribution in [1.82, 2.24) is 10.2 Å². The van der Waals surface area contributed by atoms with Crippen molar-refractivity contribution >= 4 is 11.8 Å². The van der Waals surface area contributed by atoms with Crippen molar-refractivity contribution in [3.05, 3.63) is 29.8 Å². The van der Waals surface area contributed by atoms with Gasteiger partial charge in [0.25, 0.3) is 5.91 Å². The number of carbonyl (C=O) groups excluding carboxylic acids is 2. The van der Waals surface area contributed by atoms with Gasteiger partial charge in [-0.25, -0.2) is 0 Å². The third kappa shape index (κ3) is 5.76. The second-order valence-corrected chi connectivity index (χ2v) is 6.55. The van der Waals surface area contributed by atoms with Crippen LogP contribution in [0.5, 0.6) is 5.75 Å². The first-order chi connectivity index (χ1) is 12.2. The zero-order valence-electron chi connectivity index (χ0n) is 15.4. The van der Waals surface area contributed by atoms with E-state index in [1.165, 1.54) is 6.42 Å². The summed E-state index contributed by atoms with van der Waals surface area (Å²) in [5.41, 5.74) is 0.543. The molecule has 1 aliphatic heterocycles. The summed E-state index contributed by atoms with van der Waals surface area (Å²) in [4.78, 5) is 26.6. The van der Waals surface area contributed by atoms with E-state index in [1.807, 2.05) is 4.90 Å². The van der Waals surface area contributed by atoms with Crippen LogP contribution in [0.25, 0.3) is 0 Å². The molecule has 25 heavy (non-hydrogen) atoms. The maximum absolute atomic E-state index is 12.4. The Labute approximate surface area is 150 Å². The van der Waals surface area contributed by atoms with Gasteiger partial charge in [-0.15, -0.1) is 0 Å². The highest BCUT2D eigenvalue weighted by molar-refractivity contribution is 5.96. The fraction of sp³-hybridized carbons (Fsp3) is 0.600. The van der Waals surface area contributed by atoms with E-state index in [0.717, 1.165) is 44.4 Å². The van der Waals surface area contributed by atoms with Crippen LogP contribution in [-0.2, 0) is 4.79 Å². The van der Waals surface area contributed by atoms with E-state index < -0.39 is 0 Å². The lowest BCUT2D eigenvalue weighted by atomic mass is 10.00. The molecule has 1 unspecified atom stereocenters. The first kappa shape index (κ1) is 19.3. The Balaban J connectivity index is 1.82. The van der Waals surface area contributed by atoms with Crippen LogP contribution in [0.4, 0.5) is 0 Å². The van der Waals surface area contributed by atoms with Gasteiger partial charge in [0.1, 0.15) is 5.75 Å². The highest BCUT2D eigenvalue weighted by atomic mass is 16.5. The standard InChI is InChI=1S/C20H30N2O3/c1-3-5-14-25-18-11-9-16(10-12-18)20(24)21-15-19(23)22-13-7-6-8-17(22)4-2/h9-12,17H,3-8,13-15H2,1-2H3,(H,21,24). The van der Waals surface area contributed by atoms with Gasteiger partial charge < -0.3 is 15.0 Å². The Morgan fingerprint density at radius 3 is 2.64 bits per heavy atom. The second-order valence-electron chi connectivity index (χ2n) is 6.55. The predicted molar refractivity (Wildman–Crippen MR) is 98.8 cm³/mol. The summed E-state index contributed by atoms with van der Waals surface area (Å²) in [7, 11) is 0. The SMILES string of the molecule is CCCCOc1ccc(C(=O)NCC(=O)N2CCCCC2CC)cc1. The molecule has 0 bridgehead atoms. The Bertz CT molecular complexity index is 557. The first-order valence-corrected chi connectivity index (χ1v) is 9.46. The van der Waals surface area contributed by atoms with Gasteiger partial charge in [0.2, 0.25) is 5.91 Å². The molecule has 2 amide bonds. The average molecular weight is 346 g/mol. The minimum Gasteiger partial charge on any atom is -0.494 e. The zero-order chi connectivity index (χ0) is 18.1. The summed E-state index contributed by atoms with van der Waals surface area (Å²) >= 11 is 0. The van der Waals surface area contributed by atoms with E-state index in [0.29, 0.717) is 18.2 Å². The minimum absolute atomic E-state index is 0.0134. The smallest absolute Gasteiger partial charge is 0.251 e. The van der Waals surface area contributed by atoms with Crippen LogP contribution in [0.3, 0.4) is 0 Å². The van der Waals surface area contributed by atoms with Crippen LogP contribution in [-0.4, -0.2) is 42.5 Å². The van der Waals surface area contributed by atoms with Gasteiger partial charge in [-0.1, -0.05) is 20.3 Å². The van der Waals surface area contributed by atoms with E-state index >= 15 is 0 Å². The summed E-state index contributed by atoms with van der Waals surface area (Å²) in [6.07, 6.45) is 6.37. The number of ether oxygens (including phenoxy) is 1. The highest BCUT2D eigenvalue weighted by Crippen LogP contribution is 2.19. The number of likely N-dealkylation sites (tertiary alicyclic amines) is 1. The molecule has 138 valence electrons. The fourth-order valence-electron chi connectivity index (χ4n) is 3.15. The largest absolute Gasteiger partial charge is 0.494 e. The van der Waals surface area contributed by atoms with E-state index in [-0.39, 0.29) is 18.4 Å². The van der Waals surface area contributed by atoms with Gasteiger partial charge in [0.05, 0.1) is 13.2 Å². The lowest BCUT2D eigenvalue weighted by Gasteiger charge is -2.35. The number of benzene rings is 1. The lowest BCUT2D eigenvalue weighted by molar-refractivity contribution is -0.133. The average Bonchev–Trinajstić information content (AvgIpc) is 2.66. The van der Waals surface area contributed by atoms with Crippen LogP contribution in [0, 0.1) is 0 Å². The molecule has 1 aromatic rings. The van der Waals surface area contributed by atoms with Crippen molar-refractivity contribution in [1.29, 1.82) is 0 Å². The summed E-state index contributed by atoms with van der Waals surface area (Å²) in [6, 6.07) is 7.37. The van der Waals surface area contributed by atoms with E-state index in [1.54, 1.807) is 24.3 Å². The molecule has 1 saturated heterocycles. The first-order valence-electron chi connectivity index (χ1n) is 9.46. The third-order valence-electron chi connectivity index (χ3n) is 4.70. The fourth-order valence-corrected chi connectivity index (χ4v) is 3.15. The van der Waals surface area contributed by atoms with Gasteiger partial charge in [-0.3, -0.25) is 9.59 Å². The maximum Gasteiger partial charge on any atom is 0.251 e. The monoisotopic (exact) mass is 346 g/mol. The van der Waals surface area contributed by atoms with Crippen molar-refractivity contribution in [2.45, 2.75) is 58.4 Å². The minimum atomic E-state index is -0.224. The third-order valence-corrected chi connectivity index (χ3v) is 4.70.